The minimum Gasteiger partial charge on any atom is -0.396 e. The van der Waals surface area contributed by atoms with Crippen LogP contribution in [0.4, 0.5) is 0 Å². The van der Waals surface area contributed by atoms with E-state index in [0.29, 0.717) is 11.7 Å². The summed E-state index contributed by atoms with van der Waals surface area (Å²) in [6.07, 6.45) is 0. The van der Waals surface area contributed by atoms with Gasteiger partial charge >= 0.3 is 0 Å². The van der Waals surface area contributed by atoms with E-state index in [-0.39, 0.29) is 18.4 Å². The predicted octanol–water partition coefficient (Wildman–Crippen LogP) is 1.89. The highest BCUT2D eigenvalue weighted by Crippen LogP contribution is 2.32. The molecule has 1 aliphatic heterocycles. The zero-order valence-electron chi connectivity index (χ0n) is 12.5. The highest BCUT2D eigenvalue weighted by Gasteiger charge is 2.36. The molecule has 0 spiro atoms. The second kappa shape index (κ2) is 5.95. The van der Waals surface area contributed by atoms with Crippen molar-refractivity contribution in [1.82, 2.24) is 15.0 Å². The van der Waals surface area contributed by atoms with E-state index in [4.69, 9.17) is 4.52 Å². The average Bonchev–Trinajstić information content (AvgIpc) is 3.07. The summed E-state index contributed by atoms with van der Waals surface area (Å²) in [4.78, 5) is 6.69. The maximum absolute atomic E-state index is 9.63. The summed E-state index contributed by atoms with van der Waals surface area (Å²) < 4.78 is 5.30. The van der Waals surface area contributed by atoms with Gasteiger partial charge in [0.05, 0.1) is 5.92 Å². The number of hydrogen-bond donors (Lipinski definition) is 1. The maximum atomic E-state index is 9.63. The third kappa shape index (κ3) is 2.99. The maximum Gasteiger partial charge on any atom is 0.231 e. The standard InChI is InChI=1S/C16H21N3O2/c1-11-5-3-4-6-13(11)7-19-8-14(10-20)15(9-19)16-17-12(2)18-21-16/h3-6,14-15,20H,7-10H2,1-2H3/t14-,15+/m0/s1. The van der Waals surface area contributed by atoms with Gasteiger partial charge in [-0.1, -0.05) is 29.4 Å². The van der Waals surface area contributed by atoms with E-state index in [9.17, 15) is 5.11 Å². The molecule has 1 N–H and O–H groups in total. The van der Waals surface area contributed by atoms with Crippen molar-refractivity contribution in [3.8, 4) is 0 Å². The lowest BCUT2D eigenvalue weighted by Gasteiger charge is -2.16. The number of nitrogens with zero attached hydrogens (tertiary/aromatic N) is 3. The minimum absolute atomic E-state index is 0.125. The Bertz CT molecular complexity index is 611. The highest BCUT2D eigenvalue weighted by atomic mass is 16.5. The van der Waals surface area contributed by atoms with Gasteiger partial charge in [0.15, 0.2) is 5.82 Å². The molecular weight excluding hydrogens is 266 g/mol. The fourth-order valence-corrected chi connectivity index (χ4v) is 3.05. The van der Waals surface area contributed by atoms with Crippen molar-refractivity contribution >= 4 is 0 Å². The topological polar surface area (TPSA) is 62.4 Å². The van der Waals surface area contributed by atoms with Crippen LogP contribution in [0.3, 0.4) is 0 Å². The second-order valence-corrected chi connectivity index (χ2v) is 5.85. The van der Waals surface area contributed by atoms with Crippen LogP contribution >= 0.6 is 0 Å². The first-order valence-corrected chi connectivity index (χ1v) is 7.35. The van der Waals surface area contributed by atoms with Gasteiger partial charge in [0.1, 0.15) is 0 Å². The fraction of sp³-hybridized carbons (Fsp3) is 0.500. The van der Waals surface area contributed by atoms with Crippen molar-refractivity contribution in [3.05, 3.63) is 47.1 Å². The van der Waals surface area contributed by atoms with E-state index in [1.807, 2.05) is 6.92 Å². The second-order valence-electron chi connectivity index (χ2n) is 5.85. The number of hydrogen-bond acceptors (Lipinski definition) is 5. The van der Waals surface area contributed by atoms with E-state index in [0.717, 1.165) is 19.6 Å². The van der Waals surface area contributed by atoms with Crippen molar-refractivity contribution < 1.29 is 9.63 Å². The first kappa shape index (κ1) is 14.2. The normalized spacial score (nSPS) is 22.8. The van der Waals surface area contributed by atoms with Crippen LogP contribution in [-0.4, -0.2) is 39.8 Å². The molecule has 2 heterocycles. The fourth-order valence-electron chi connectivity index (χ4n) is 3.05. The quantitative estimate of drug-likeness (QED) is 0.930. The molecule has 1 aliphatic rings. The Kier molecular flexibility index (Phi) is 4.03. The Balaban J connectivity index is 1.74. The van der Waals surface area contributed by atoms with E-state index < -0.39 is 0 Å². The van der Waals surface area contributed by atoms with Crippen molar-refractivity contribution in [2.45, 2.75) is 26.3 Å². The van der Waals surface area contributed by atoms with Crippen molar-refractivity contribution in [2.24, 2.45) is 5.92 Å². The number of likely N-dealkylation sites (tertiary alicyclic amines) is 1. The summed E-state index contributed by atoms with van der Waals surface area (Å²) in [5, 5.41) is 13.5. The molecule has 2 atom stereocenters. The van der Waals surface area contributed by atoms with Crippen LogP contribution in [0.1, 0.15) is 28.8 Å². The molecular formula is C16H21N3O2. The molecule has 0 radical (unpaired) electrons. The Morgan fingerprint density at radius 1 is 1.29 bits per heavy atom. The van der Waals surface area contributed by atoms with Crippen LogP contribution < -0.4 is 0 Å². The van der Waals surface area contributed by atoms with E-state index in [1.54, 1.807) is 0 Å². The monoisotopic (exact) mass is 287 g/mol. The summed E-state index contributed by atoms with van der Waals surface area (Å²) >= 11 is 0. The SMILES string of the molecule is Cc1noc([C@@H]2CN(Cc3ccccc3C)C[C@H]2CO)n1. The molecule has 3 rings (SSSR count). The molecule has 1 saturated heterocycles. The lowest BCUT2D eigenvalue weighted by molar-refractivity contribution is 0.205. The number of rotatable bonds is 4. The third-order valence-corrected chi connectivity index (χ3v) is 4.27. The van der Waals surface area contributed by atoms with E-state index >= 15 is 0 Å². The van der Waals surface area contributed by atoms with Crippen LogP contribution in [0.25, 0.3) is 0 Å². The van der Waals surface area contributed by atoms with Crippen LogP contribution in [0.2, 0.25) is 0 Å². The zero-order chi connectivity index (χ0) is 14.8. The van der Waals surface area contributed by atoms with Crippen molar-refractivity contribution in [2.75, 3.05) is 19.7 Å². The van der Waals surface area contributed by atoms with Gasteiger partial charge in [-0.25, -0.2) is 0 Å². The number of aromatic nitrogens is 2. The largest absolute Gasteiger partial charge is 0.396 e. The molecule has 0 bridgehead atoms. The highest BCUT2D eigenvalue weighted by molar-refractivity contribution is 5.25. The van der Waals surface area contributed by atoms with E-state index in [2.05, 4.69) is 46.2 Å². The number of aliphatic hydroxyl groups is 1. The van der Waals surface area contributed by atoms with Crippen LogP contribution in [-0.2, 0) is 6.54 Å². The molecule has 2 aromatic rings. The van der Waals surface area contributed by atoms with Gasteiger partial charge in [0.25, 0.3) is 0 Å². The number of benzene rings is 1. The van der Waals surface area contributed by atoms with Gasteiger partial charge in [-0.15, -0.1) is 0 Å². The number of aryl methyl sites for hydroxylation is 2. The third-order valence-electron chi connectivity index (χ3n) is 4.27. The molecule has 5 heteroatoms. The van der Waals surface area contributed by atoms with E-state index in [1.165, 1.54) is 11.1 Å². The summed E-state index contributed by atoms with van der Waals surface area (Å²) in [6, 6.07) is 8.42. The Morgan fingerprint density at radius 2 is 2.10 bits per heavy atom. The predicted molar refractivity (Wildman–Crippen MR) is 78.8 cm³/mol. The van der Waals surface area contributed by atoms with Crippen molar-refractivity contribution in [1.29, 1.82) is 0 Å². The summed E-state index contributed by atoms with van der Waals surface area (Å²) in [6.45, 7) is 6.70. The molecule has 0 unspecified atom stereocenters. The first-order chi connectivity index (χ1) is 10.2. The zero-order valence-corrected chi connectivity index (χ0v) is 12.5. The summed E-state index contributed by atoms with van der Waals surface area (Å²) in [7, 11) is 0. The molecule has 21 heavy (non-hydrogen) atoms. The molecule has 0 saturated carbocycles. The lowest BCUT2D eigenvalue weighted by Crippen LogP contribution is -2.21. The molecule has 1 fully saturated rings. The van der Waals surface area contributed by atoms with Crippen LogP contribution in [0.5, 0.6) is 0 Å². The smallest absolute Gasteiger partial charge is 0.231 e. The van der Waals surface area contributed by atoms with Crippen LogP contribution in [0, 0.1) is 19.8 Å². The molecule has 1 aromatic heterocycles. The summed E-state index contributed by atoms with van der Waals surface area (Å²) in [5.41, 5.74) is 2.63. The van der Waals surface area contributed by atoms with Gasteiger partial charge in [-0.2, -0.15) is 4.98 Å². The van der Waals surface area contributed by atoms with Gasteiger partial charge in [-0.05, 0) is 25.0 Å². The lowest BCUT2D eigenvalue weighted by atomic mass is 9.97. The molecule has 0 aliphatic carbocycles. The molecule has 112 valence electrons. The first-order valence-electron chi connectivity index (χ1n) is 7.35. The summed E-state index contributed by atoms with van der Waals surface area (Å²) in [5.74, 6) is 1.59. The van der Waals surface area contributed by atoms with Crippen LogP contribution in [0.15, 0.2) is 28.8 Å². The Labute approximate surface area is 124 Å². The molecule has 5 nitrogen and oxygen atoms in total. The Morgan fingerprint density at radius 3 is 2.76 bits per heavy atom. The van der Waals surface area contributed by atoms with Gasteiger partial charge in [-0.3, -0.25) is 4.90 Å². The van der Waals surface area contributed by atoms with Gasteiger partial charge in [0.2, 0.25) is 5.89 Å². The Hall–Kier alpha value is -1.72. The average molecular weight is 287 g/mol. The van der Waals surface area contributed by atoms with Gasteiger partial charge < -0.3 is 9.63 Å². The number of aliphatic hydroxyl groups excluding tert-OH is 1. The minimum atomic E-state index is 0.125. The molecule has 1 aromatic carbocycles. The van der Waals surface area contributed by atoms with Crippen molar-refractivity contribution in [3.63, 3.8) is 0 Å². The van der Waals surface area contributed by atoms with Gasteiger partial charge in [0, 0.05) is 32.2 Å². The molecule has 0 amide bonds.